The van der Waals surface area contributed by atoms with Crippen molar-refractivity contribution in [3.63, 3.8) is 0 Å². The van der Waals surface area contributed by atoms with Crippen molar-refractivity contribution in [1.29, 1.82) is 0 Å². The Morgan fingerprint density at radius 3 is 1.91 bits per heavy atom. The fourth-order valence-corrected chi connectivity index (χ4v) is 6.72. The third kappa shape index (κ3) is 12.8. The van der Waals surface area contributed by atoms with Gasteiger partial charge in [-0.05, 0) is 64.7 Å². The van der Waals surface area contributed by atoms with Crippen molar-refractivity contribution in [3.05, 3.63) is 0 Å². The molecule has 0 bridgehead atoms. The second-order valence-electron chi connectivity index (χ2n) is 14.5. The lowest BCUT2D eigenvalue weighted by Gasteiger charge is -2.34. The van der Waals surface area contributed by atoms with Gasteiger partial charge in [0.1, 0.15) is 42.3 Å². The number of fused-ring (bicyclic) bond motifs is 2. The highest BCUT2D eigenvalue weighted by atomic mass is 16.4. The first-order valence-corrected chi connectivity index (χ1v) is 18.6. The highest BCUT2D eigenvalue weighted by Crippen LogP contribution is 2.26. The van der Waals surface area contributed by atoms with Gasteiger partial charge in [-0.3, -0.25) is 48.1 Å². The average Bonchev–Trinajstić information content (AvgIpc) is 3.80. The second-order valence-corrected chi connectivity index (χ2v) is 14.5. The Balaban J connectivity index is 1.96. The number of carboxylic acid groups (broad SMARTS) is 1. The molecule has 0 spiro atoms. The van der Waals surface area contributed by atoms with E-state index in [2.05, 4.69) is 36.9 Å². The van der Waals surface area contributed by atoms with E-state index in [1.54, 1.807) is 0 Å². The van der Waals surface area contributed by atoms with Gasteiger partial charge in [0.15, 0.2) is 5.96 Å². The summed E-state index contributed by atoms with van der Waals surface area (Å²) in [6.45, 7) is 6.19. The van der Waals surface area contributed by atoms with Crippen LogP contribution in [-0.4, -0.2) is 143 Å². The standard InChI is InChI=1S/C34H55N11O10/c1-17(2)14-22-32(54)45-13-7-10-24(45)33(55)44-12-6-9-23(44)31(53)40-18(3)27(49)39-19(4)28(50)42-20(8-5-11-37-34(35)36)29(51)38-16-25(46)41-21(15-26(47)48)30(52)43-22/h17-24H,5-16H2,1-4H3,(H,38,51)(H,39,49)(H,40,53)(H,41,46)(H,42,50)(H,43,52)(H,47,48)(H4,35,36,37)/t18-,19-,20-,21-,22-,23-,24+/m0/s1. The van der Waals surface area contributed by atoms with Crippen LogP contribution in [0, 0.1) is 5.92 Å². The van der Waals surface area contributed by atoms with Gasteiger partial charge < -0.3 is 58.3 Å². The van der Waals surface area contributed by atoms with Crippen LogP contribution in [0.5, 0.6) is 0 Å². The number of carbonyl (C=O) groups excluding carboxylic acids is 8. The number of carboxylic acids is 1. The molecule has 0 aliphatic carbocycles. The molecule has 306 valence electrons. The summed E-state index contributed by atoms with van der Waals surface area (Å²) in [6, 6.07) is -8.30. The number of nitrogens with two attached hydrogens (primary N) is 2. The summed E-state index contributed by atoms with van der Waals surface area (Å²) >= 11 is 0. The Morgan fingerprint density at radius 1 is 0.745 bits per heavy atom. The summed E-state index contributed by atoms with van der Waals surface area (Å²) in [5.41, 5.74) is 10.7. The number of rotatable bonds is 8. The molecule has 0 unspecified atom stereocenters. The first-order chi connectivity index (χ1) is 25.9. The molecule has 3 aliphatic heterocycles. The van der Waals surface area contributed by atoms with Crippen molar-refractivity contribution in [2.75, 3.05) is 26.2 Å². The van der Waals surface area contributed by atoms with Crippen molar-refractivity contribution in [2.24, 2.45) is 22.4 Å². The molecule has 3 saturated heterocycles. The largest absolute Gasteiger partial charge is 0.481 e. The molecule has 3 fully saturated rings. The highest BCUT2D eigenvalue weighted by Gasteiger charge is 2.44. The maximum Gasteiger partial charge on any atom is 0.305 e. The smallest absolute Gasteiger partial charge is 0.305 e. The second kappa shape index (κ2) is 20.3. The summed E-state index contributed by atoms with van der Waals surface area (Å²) in [6.07, 6.45) is 1.04. The first kappa shape index (κ1) is 43.9. The Labute approximate surface area is 318 Å². The number of hydrogen-bond acceptors (Lipinski definition) is 10. The minimum absolute atomic E-state index is 0.00705. The lowest BCUT2D eigenvalue weighted by Crippen LogP contribution is -2.60. The number of aliphatic carboxylic acids is 1. The van der Waals surface area contributed by atoms with Gasteiger partial charge in [-0.2, -0.15) is 0 Å². The molecular formula is C34H55N11O10. The van der Waals surface area contributed by atoms with Crippen molar-refractivity contribution in [2.45, 2.75) is 121 Å². The number of guanidine groups is 1. The Morgan fingerprint density at radius 2 is 1.31 bits per heavy atom. The van der Waals surface area contributed by atoms with E-state index in [0.29, 0.717) is 25.7 Å². The predicted molar refractivity (Wildman–Crippen MR) is 195 cm³/mol. The summed E-state index contributed by atoms with van der Waals surface area (Å²) in [5, 5.41) is 24.4. The molecule has 8 amide bonds. The summed E-state index contributed by atoms with van der Waals surface area (Å²) in [4.78, 5) is 126. The van der Waals surface area contributed by atoms with Crippen LogP contribution in [0.2, 0.25) is 0 Å². The number of aliphatic imine (C=N–C) groups is 1. The van der Waals surface area contributed by atoms with Gasteiger partial charge in [-0.25, -0.2) is 0 Å². The molecular weight excluding hydrogens is 722 g/mol. The van der Waals surface area contributed by atoms with Gasteiger partial charge in [-0.1, -0.05) is 13.8 Å². The van der Waals surface area contributed by atoms with E-state index in [1.807, 2.05) is 13.8 Å². The minimum atomic E-state index is -1.66. The SMILES string of the molecule is CC(C)C[C@@H]1NC(=O)[C@H](CC(=O)O)NC(=O)CNC(=O)[C@H](CCCN=C(N)N)NC(=O)[C@H](C)NC(=O)[C@H](C)NC(=O)[C@@H]2CCCN2C(=O)[C@H]2CCCN2C1=O. The van der Waals surface area contributed by atoms with E-state index in [0.717, 1.165) is 0 Å². The number of carbonyl (C=O) groups is 9. The van der Waals surface area contributed by atoms with Gasteiger partial charge in [0.25, 0.3) is 0 Å². The molecule has 0 radical (unpaired) electrons. The average molecular weight is 778 g/mol. The third-order valence-electron chi connectivity index (χ3n) is 9.52. The van der Waals surface area contributed by atoms with E-state index < -0.39 is 108 Å². The van der Waals surface area contributed by atoms with Crippen molar-refractivity contribution >= 4 is 59.2 Å². The zero-order chi connectivity index (χ0) is 41.0. The van der Waals surface area contributed by atoms with Gasteiger partial charge in [0.2, 0.25) is 47.3 Å². The fourth-order valence-electron chi connectivity index (χ4n) is 6.72. The molecule has 0 saturated carbocycles. The monoisotopic (exact) mass is 777 g/mol. The van der Waals surface area contributed by atoms with Crippen LogP contribution in [0.1, 0.15) is 79.1 Å². The molecule has 0 aromatic heterocycles. The summed E-state index contributed by atoms with van der Waals surface area (Å²) in [5.74, 6) is -7.60. The lowest BCUT2D eigenvalue weighted by atomic mass is 10.0. The normalized spacial score (nSPS) is 28.1. The van der Waals surface area contributed by atoms with Gasteiger partial charge >= 0.3 is 5.97 Å². The minimum Gasteiger partial charge on any atom is -0.481 e. The van der Waals surface area contributed by atoms with Crippen LogP contribution in [0.3, 0.4) is 0 Å². The molecule has 21 nitrogen and oxygen atoms in total. The Kier molecular flexibility index (Phi) is 16.2. The maximum atomic E-state index is 14.1. The van der Waals surface area contributed by atoms with Gasteiger partial charge in [-0.15, -0.1) is 0 Å². The third-order valence-corrected chi connectivity index (χ3v) is 9.52. The fraction of sp³-hybridized carbons (Fsp3) is 0.706. The molecule has 55 heavy (non-hydrogen) atoms. The Bertz CT molecular complexity index is 1520. The van der Waals surface area contributed by atoms with Crippen LogP contribution >= 0.6 is 0 Å². The Hall–Kier alpha value is -5.50. The summed E-state index contributed by atoms with van der Waals surface area (Å²) in [7, 11) is 0. The lowest BCUT2D eigenvalue weighted by molar-refractivity contribution is -0.148. The summed E-state index contributed by atoms with van der Waals surface area (Å²) < 4.78 is 0. The number of nitrogens with zero attached hydrogens (tertiary/aromatic N) is 3. The molecule has 3 heterocycles. The number of amides is 8. The van der Waals surface area contributed by atoms with E-state index in [4.69, 9.17) is 11.5 Å². The topological polar surface area (TPSA) is 317 Å². The van der Waals surface area contributed by atoms with Crippen LogP contribution in [0.15, 0.2) is 4.99 Å². The van der Waals surface area contributed by atoms with Crippen molar-refractivity contribution in [3.8, 4) is 0 Å². The van der Waals surface area contributed by atoms with Crippen molar-refractivity contribution in [1.82, 2.24) is 41.7 Å². The van der Waals surface area contributed by atoms with Gasteiger partial charge in [0.05, 0.1) is 13.0 Å². The quantitative estimate of drug-likeness (QED) is 0.0650. The van der Waals surface area contributed by atoms with E-state index >= 15 is 0 Å². The molecule has 11 N–H and O–H groups in total. The zero-order valence-electron chi connectivity index (χ0n) is 31.7. The molecule has 7 atom stereocenters. The first-order valence-electron chi connectivity index (χ1n) is 18.6. The molecule has 0 aromatic rings. The number of hydrogen-bond donors (Lipinski definition) is 9. The van der Waals surface area contributed by atoms with Gasteiger partial charge in [0, 0.05) is 19.6 Å². The molecule has 3 rings (SSSR count). The zero-order valence-corrected chi connectivity index (χ0v) is 31.7. The molecule has 3 aliphatic rings. The van der Waals surface area contributed by atoms with Crippen LogP contribution in [-0.2, 0) is 43.2 Å². The maximum absolute atomic E-state index is 14.1. The van der Waals surface area contributed by atoms with E-state index in [1.165, 1.54) is 23.6 Å². The molecule has 21 heteroatoms. The number of nitrogens with one attached hydrogen (secondary N) is 6. The predicted octanol–water partition coefficient (Wildman–Crippen LogP) is -3.86. The van der Waals surface area contributed by atoms with E-state index in [-0.39, 0.29) is 50.8 Å². The highest BCUT2D eigenvalue weighted by molar-refractivity contribution is 5.99. The van der Waals surface area contributed by atoms with Crippen LogP contribution in [0.25, 0.3) is 0 Å². The van der Waals surface area contributed by atoms with Crippen LogP contribution in [0.4, 0.5) is 0 Å². The van der Waals surface area contributed by atoms with Crippen molar-refractivity contribution < 1.29 is 48.3 Å². The van der Waals surface area contributed by atoms with Crippen LogP contribution < -0.4 is 43.4 Å². The van der Waals surface area contributed by atoms with E-state index in [9.17, 15) is 48.3 Å². The molecule has 0 aromatic carbocycles.